The molecule has 0 saturated carbocycles. The van der Waals surface area contributed by atoms with Crippen LogP contribution in [0.2, 0.25) is 0 Å². The second-order valence-corrected chi connectivity index (χ2v) is 4.12. The highest BCUT2D eigenvalue weighted by Gasteiger charge is 2.25. The van der Waals surface area contributed by atoms with Crippen LogP contribution in [0.3, 0.4) is 0 Å². The monoisotopic (exact) mass is 218 g/mol. The molecule has 0 aliphatic heterocycles. The van der Waals surface area contributed by atoms with E-state index in [4.69, 9.17) is 10.5 Å². The summed E-state index contributed by atoms with van der Waals surface area (Å²) in [6, 6.07) is 4.25. The zero-order valence-electron chi connectivity index (χ0n) is 9.60. The second-order valence-electron chi connectivity index (χ2n) is 4.12. The van der Waals surface area contributed by atoms with Gasteiger partial charge in [0, 0.05) is 6.04 Å². The van der Waals surface area contributed by atoms with E-state index in [-0.39, 0.29) is 11.9 Å². The van der Waals surface area contributed by atoms with Crippen molar-refractivity contribution in [2.24, 2.45) is 0 Å². The van der Waals surface area contributed by atoms with Crippen LogP contribution < -0.4 is 5.32 Å². The van der Waals surface area contributed by atoms with Gasteiger partial charge in [0.2, 0.25) is 0 Å². The van der Waals surface area contributed by atoms with Crippen LogP contribution >= 0.6 is 0 Å². The Hall–Kier alpha value is -1.92. The Morgan fingerprint density at radius 1 is 1.56 bits per heavy atom. The standard InChI is InChI=1S/C10H14N6/c1-8(2)14-10(3,5-12)6-16-7-13-9(4-11)15-16/h7-8,14H,6H2,1-3H3. The lowest BCUT2D eigenvalue weighted by Crippen LogP contribution is -2.48. The van der Waals surface area contributed by atoms with Crippen molar-refractivity contribution >= 4 is 0 Å². The molecule has 1 aromatic rings. The number of aromatic nitrogens is 3. The van der Waals surface area contributed by atoms with Crippen molar-refractivity contribution in [1.29, 1.82) is 10.5 Å². The maximum absolute atomic E-state index is 9.12. The highest BCUT2D eigenvalue weighted by molar-refractivity contribution is 5.08. The van der Waals surface area contributed by atoms with E-state index < -0.39 is 5.54 Å². The molecule has 0 radical (unpaired) electrons. The number of nitriles is 2. The highest BCUT2D eigenvalue weighted by Crippen LogP contribution is 2.07. The summed E-state index contributed by atoms with van der Waals surface area (Å²) in [5.74, 6) is 0.116. The maximum Gasteiger partial charge on any atom is 0.252 e. The normalized spacial score (nSPS) is 14.1. The molecular weight excluding hydrogens is 204 g/mol. The topological polar surface area (TPSA) is 90.3 Å². The van der Waals surface area contributed by atoms with Crippen LogP contribution in [-0.2, 0) is 6.54 Å². The van der Waals surface area contributed by atoms with Gasteiger partial charge in [0.05, 0.1) is 12.6 Å². The molecule has 1 atom stereocenters. The molecule has 6 nitrogen and oxygen atoms in total. The third-order valence-electron chi connectivity index (χ3n) is 1.97. The van der Waals surface area contributed by atoms with Gasteiger partial charge in [-0.3, -0.25) is 5.32 Å². The zero-order chi connectivity index (χ0) is 12.2. The van der Waals surface area contributed by atoms with Crippen molar-refractivity contribution in [2.75, 3.05) is 0 Å². The van der Waals surface area contributed by atoms with Gasteiger partial charge in [0.25, 0.3) is 5.82 Å². The summed E-state index contributed by atoms with van der Waals surface area (Å²) in [5, 5.41) is 24.8. The number of hydrogen-bond donors (Lipinski definition) is 1. The first-order valence-corrected chi connectivity index (χ1v) is 4.97. The van der Waals surface area contributed by atoms with E-state index in [0.29, 0.717) is 6.54 Å². The highest BCUT2D eigenvalue weighted by atomic mass is 15.3. The van der Waals surface area contributed by atoms with Gasteiger partial charge in [0.1, 0.15) is 17.9 Å². The van der Waals surface area contributed by atoms with Crippen LogP contribution in [0.5, 0.6) is 0 Å². The fourth-order valence-electron chi connectivity index (χ4n) is 1.50. The number of nitrogens with one attached hydrogen (secondary N) is 1. The number of hydrogen-bond acceptors (Lipinski definition) is 5. The molecule has 0 fully saturated rings. The van der Waals surface area contributed by atoms with E-state index in [1.165, 1.54) is 11.0 Å². The van der Waals surface area contributed by atoms with Gasteiger partial charge in [-0.15, -0.1) is 5.10 Å². The predicted molar refractivity (Wildman–Crippen MR) is 57.0 cm³/mol. The zero-order valence-corrected chi connectivity index (χ0v) is 9.60. The quantitative estimate of drug-likeness (QED) is 0.791. The van der Waals surface area contributed by atoms with E-state index in [0.717, 1.165) is 0 Å². The smallest absolute Gasteiger partial charge is 0.252 e. The Kier molecular flexibility index (Phi) is 3.60. The average molecular weight is 218 g/mol. The third-order valence-corrected chi connectivity index (χ3v) is 1.97. The number of rotatable bonds is 4. The lowest BCUT2D eigenvalue weighted by molar-refractivity contribution is 0.343. The molecule has 1 heterocycles. The van der Waals surface area contributed by atoms with Crippen LogP contribution in [0.15, 0.2) is 6.33 Å². The molecule has 0 saturated heterocycles. The van der Waals surface area contributed by atoms with E-state index in [9.17, 15) is 0 Å². The molecule has 0 amide bonds. The number of nitrogens with zero attached hydrogens (tertiary/aromatic N) is 5. The molecule has 1 aromatic heterocycles. The van der Waals surface area contributed by atoms with Crippen LogP contribution in [0.1, 0.15) is 26.6 Å². The van der Waals surface area contributed by atoms with Crippen molar-refractivity contribution in [3.05, 3.63) is 12.2 Å². The van der Waals surface area contributed by atoms with Gasteiger partial charge in [0.15, 0.2) is 0 Å². The van der Waals surface area contributed by atoms with Crippen LogP contribution in [0, 0.1) is 22.7 Å². The lowest BCUT2D eigenvalue weighted by atomic mass is 10.0. The first-order valence-electron chi connectivity index (χ1n) is 4.97. The van der Waals surface area contributed by atoms with Crippen LogP contribution in [-0.4, -0.2) is 26.3 Å². The minimum Gasteiger partial charge on any atom is -0.296 e. The van der Waals surface area contributed by atoms with E-state index in [1.54, 1.807) is 6.92 Å². The molecule has 0 aliphatic carbocycles. The lowest BCUT2D eigenvalue weighted by Gasteiger charge is -2.25. The first-order chi connectivity index (χ1) is 7.49. The van der Waals surface area contributed by atoms with E-state index in [2.05, 4.69) is 21.5 Å². The van der Waals surface area contributed by atoms with Crippen molar-refractivity contribution in [2.45, 2.75) is 38.9 Å². The van der Waals surface area contributed by atoms with E-state index in [1.807, 2.05) is 19.9 Å². The summed E-state index contributed by atoms with van der Waals surface area (Å²) in [5.41, 5.74) is -0.714. The molecule has 0 bridgehead atoms. The molecule has 0 spiro atoms. The summed E-state index contributed by atoms with van der Waals surface area (Å²) in [6.45, 7) is 6.09. The minimum absolute atomic E-state index is 0.116. The molecule has 1 unspecified atom stereocenters. The summed E-state index contributed by atoms with van der Waals surface area (Å²) in [6.07, 6.45) is 1.45. The second kappa shape index (κ2) is 4.73. The molecule has 6 heteroatoms. The first kappa shape index (κ1) is 12.2. The largest absolute Gasteiger partial charge is 0.296 e. The molecule has 1 rings (SSSR count). The fourth-order valence-corrected chi connectivity index (χ4v) is 1.50. The molecule has 0 aliphatic rings. The van der Waals surface area contributed by atoms with Gasteiger partial charge in [-0.25, -0.2) is 9.67 Å². The SMILES string of the molecule is CC(C)NC(C)(C#N)Cn1cnc(C#N)n1. The molecule has 1 N–H and O–H groups in total. The molecular formula is C10H14N6. The molecule has 0 aromatic carbocycles. The molecule has 16 heavy (non-hydrogen) atoms. The fraction of sp³-hybridized carbons (Fsp3) is 0.600. The van der Waals surface area contributed by atoms with E-state index >= 15 is 0 Å². The van der Waals surface area contributed by atoms with Gasteiger partial charge in [-0.1, -0.05) is 0 Å². The summed E-state index contributed by atoms with van der Waals surface area (Å²) < 4.78 is 1.50. The van der Waals surface area contributed by atoms with Crippen LogP contribution in [0.25, 0.3) is 0 Å². The van der Waals surface area contributed by atoms with Crippen LogP contribution in [0.4, 0.5) is 0 Å². The summed E-state index contributed by atoms with van der Waals surface area (Å²) in [4.78, 5) is 3.79. The van der Waals surface area contributed by atoms with Gasteiger partial charge in [-0.05, 0) is 20.8 Å². The third kappa shape index (κ3) is 3.04. The van der Waals surface area contributed by atoms with Gasteiger partial charge >= 0.3 is 0 Å². The Morgan fingerprint density at radius 2 is 2.25 bits per heavy atom. The van der Waals surface area contributed by atoms with Gasteiger partial charge in [-0.2, -0.15) is 10.5 Å². The van der Waals surface area contributed by atoms with Crippen molar-refractivity contribution in [3.63, 3.8) is 0 Å². The van der Waals surface area contributed by atoms with Gasteiger partial charge < -0.3 is 0 Å². The Balaban J connectivity index is 2.78. The maximum atomic E-state index is 9.12. The van der Waals surface area contributed by atoms with Crippen molar-refractivity contribution in [3.8, 4) is 12.1 Å². The van der Waals surface area contributed by atoms with Crippen molar-refractivity contribution in [1.82, 2.24) is 20.1 Å². The summed E-state index contributed by atoms with van der Waals surface area (Å²) >= 11 is 0. The minimum atomic E-state index is -0.714. The Morgan fingerprint density at radius 3 is 2.69 bits per heavy atom. The average Bonchev–Trinajstić information content (AvgIpc) is 2.64. The molecule has 84 valence electrons. The summed E-state index contributed by atoms with van der Waals surface area (Å²) in [7, 11) is 0. The Bertz CT molecular complexity index is 435. The Labute approximate surface area is 94.5 Å². The van der Waals surface area contributed by atoms with Crippen molar-refractivity contribution < 1.29 is 0 Å². The predicted octanol–water partition coefficient (Wildman–Crippen LogP) is 0.430.